The summed E-state index contributed by atoms with van der Waals surface area (Å²) in [6, 6.07) is 0. The van der Waals surface area contributed by atoms with Gasteiger partial charge in [-0.05, 0) is 39.4 Å². The monoisotopic (exact) mass is 226 g/mol. The largest absolute Gasteiger partial charge is 0.548 e. The van der Waals surface area contributed by atoms with Crippen molar-refractivity contribution in [2.24, 2.45) is 0 Å². The van der Waals surface area contributed by atoms with Crippen LogP contribution in [-0.2, 0) is 4.43 Å². The van der Waals surface area contributed by atoms with E-state index in [4.69, 9.17) is 4.43 Å². The summed E-state index contributed by atoms with van der Waals surface area (Å²) in [5.74, 6) is 0.953. The molecule has 0 saturated heterocycles. The molecule has 0 bridgehead atoms. The van der Waals surface area contributed by atoms with Gasteiger partial charge in [-0.3, -0.25) is 0 Å². The van der Waals surface area contributed by atoms with Crippen LogP contribution in [0.5, 0.6) is 0 Å². The summed E-state index contributed by atoms with van der Waals surface area (Å²) < 4.78 is 5.79. The zero-order valence-electron chi connectivity index (χ0n) is 11.0. The van der Waals surface area contributed by atoms with Crippen LogP contribution in [0.1, 0.15) is 39.5 Å². The molecule has 0 saturated carbocycles. The predicted octanol–water partition coefficient (Wildman–Crippen LogP) is 4.88. The molecule has 0 aromatic rings. The Hall–Kier alpha value is -0.503. The lowest BCUT2D eigenvalue weighted by atomic mass is 10.1. The van der Waals surface area contributed by atoms with Gasteiger partial charge >= 0.3 is 0 Å². The van der Waals surface area contributed by atoms with Crippen LogP contribution in [-0.4, -0.2) is 8.32 Å². The van der Waals surface area contributed by atoms with Crippen molar-refractivity contribution in [3.63, 3.8) is 0 Å². The van der Waals surface area contributed by atoms with Crippen molar-refractivity contribution >= 4 is 8.32 Å². The van der Waals surface area contributed by atoms with Crippen LogP contribution in [0.4, 0.5) is 0 Å². The molecular weight excluding hydrogens is 200 g/mol. The SMILES string of the molecule is C=C(CCC=C(C)CCC)O[Si](C)(C)C. The van der Waals surface area contributed by atoms with Crippen LogP contribution < -0.4 is 0 Å². The zero-order valence-corrected chi connectivity index (χ0v) is 12.0. The van der Waals surface area contributed by atoms with Gasteiger partial charge in [0.1, 0.15) is 0 Å². The van der Waals surface area contributed by atoms with Crippen molar-refractivity contribution in [3.05, 3.63) is 24.0 Å². The Bertz CT molecular complexity index is 223. The highest BCUT2D eigenvalue weighted by Gasteiger charge is 2.16. The minimum atomic E-state index is -1.43. The summed E-state index contributed by atoms with van der Waals surface area (Å²) in [5, 5.41) is 0. The Morgan fingerprint density at radius 2 is 1.87 bits per heavy atom. The summed E-state index contributed by atoms with van der Waals surface area (Å²) >= 11 is 0. The maximum Gasteiger partial charge on any atom is 0.241 e. The topological polar surface area (TPSA) is 9.23 Å². The fourth-order valence-corrected chi connectivity index (χ4v) is 2.43. The molecule has 1 nitrogen and oxygen atoms in total. The Morgan fingerprint density at radius 3 is 2.33 bits per heavy atom. The maximum atomic E-state index is 5.79. The first-order valence-electron chi connectivity index (χ1n) is 5.87. The van der Waals surface area contributed by atoms with E-state index in [0.29, 0.717) is 0 Å². The van der Waals surface area contributed by atoms with Gasteiger partial charge in [-0.1, -0.05) is 31.6 Å². The fourth-order valence-electron chi connectivity index (χ4n) is 1.46. The van der Waals surface area contributed by atoms with E-state index in [1.807, 2.05) is 0 Å². The summed E-state index contributed by atoms with van der Waals surface area (Å²) in [6.45, 7) is 15.0. The lowest BCUT2D eigenvalue weighted by Crippen LogP contribution is -2.24. The highest BCUT2D eigenvalue weighted by Crippen LogP contribution is 2.14. The molecule has 15 heavy (non-hydrogen) atoms. The molecular formula is C13H26OSi. The molecule has 0 rings (SSSR count). The highest BCUT2D eigenvalue weighted by molar-refractivity contribution is 6.70. The van der Waals surface area contributed by atoms with Crippen molar-refractivity contribution in [3.8, 4) is 0 Å². The van der Waals surface area contributed by atoms with Gasteiger partial charge in [0.05, 0.1) is 5.76 Å². The first-order valence-corrected chi connectivity index (χ1v) is 9.28. The van der Waals surface area contributed by atoms with E-state index in [1.54, 1.807) is 0 Å². The van der Waals surface area contributed by atoms with E-state index >= 15 is 0 Å². The van der Waals surface area contributed by atoms with E-state index in [1.165, 1.54) is 18.4 Å². The van der Waals surface area contributed by atoms with Crippen molar-refractivity contribution in [2.75, 3.05) is 0 Å². The Labute approximate surface area is 96.4 Å². The van der Waals surface area contributed by atoms with Crippen LogP contribution in [0.15, 0.2) is 24.0 Å². The van der Waals surface area contributed by atoms with E-state index < -0.39 is 8.32 Å². The molecule has 0 aliphatic carbocycles. The molecule has 0 radical (unpaired) electrons. The summed E-state index contributed by atoms with van der Waals surface area (Å²) in [6.07, 6.45) is 6.78. The normalized spacial score (nSPS) is 12.7. The molecule has 0 aromatic heterocycles. The average Bonchev–Trinajstić information content (AvgIpc) is 2.00. The molecule has 0 aliphatic heterocycles. The van der Waals surface area contributed by atoms with Gasteiger partial charge in [-0.25, -0.2) is 0 Å². The highest BCUT2D eigenvalue weighted by atomic mass is 28.4. The van der Waals surface area contributed by atoms with E-state index in [2.05, 4.69) is 46.1 Å². The quantitative estimate of drug-likeness (QED) is 0.341. The number of hydrogen-bond acceptors (Lipinski definition) is 1. The van der Waals surface area contributed by atoms with Crippen LogP contribution in [0.25, 0.3) is 0 Å². The predicted molar refractivity (Wildman–Crippen MR) is 71.5 cm³/mol. The van der Waals surface area contributed by atoms with E-state index in [0.717, 1.165) is 18.6 Å². The van der Waals surface area contributed by atoms with Crippen LogP contribution in [0, 0.1) is 0 Å². The van der Waals surface area contributed by atoms with Crippen LogP contribution in [0.2, 0.25) is 19.6 Å². The third-order valence-electron chi connectivity index (χ3n) is 2.01. The molecule has 0 unspecified atom stereocenters. The second kappa shape index (κ2) is 6.89. The molecule has 0 amide bonds. The Kier molecular flexibility index (Phi) is 6.65. The third-order valence-corrected chi connectivity index (χ3v) is 2.91. The van der Waals surface area contributed by atoms with Crippen LogP contribution in [0.3, 0.4) is 0 Å². The van der Waals surface area contributed by atoms with Gasteiger partial charge in [0.15, 0.2) is 0 Å². The molecule has 2 heteroatoms. The van der Waals surface area contributed by atoms with E-state index in [-0.39, 0.29) is 0 Å². The molecule has 0 atom stereocenters. The average molecular weight is 226 g/mol. The lowest BCUT2D eigenvalue weighted by molar-refractivity contribution is 0.403. The van der Waals surface area contributed by atoms with Crippen molar-refractivity contribution in [2.45, 2.75) is 59.2 Å². The van der Waals surface area contributed by atoms with Crippen molar-refractivity contribution in [1.82, 2.24) is 0 Å². The smallest absolute Gasteiger partial charge is 0.241 e. The summed E-state index contributed by atoms with van der Waals surface area (Å²) in [5.41, 5.74) is 1.48. The van der Waals surface area contributed by atoms with Gasteiger partial charge in [0.25, 0.3) is 0 Å². The van der Waals surface area contributed by atoms with Crippen molar-refractivity contribution in [1.29, 1.82) is 0 Å². The Morgan fingerprint density at radius 1 is 1.27 bits per heavy atom. The van der Waals surface area contributed by atoms with E-state index in [9.17, 15) is 0 Å². The molecule has 0 aliphatic rings. The maximum absolute atomic E-state index is 5.79. The standard InChI is InChI=1S/C13H26OSi/c1-7-9-12(2)10-8-11-13(3)14-15(4,5)6/h10H,3,7-9,11H2,1-2,4-6H3. The van der Waals surface area contributed by atoms with Gasteiger partial charge in [0, 0.05) is 6.42 Å². The second-order valence-corrected chi connectivity index (χ2v) is 9.52. The summed E-state index contributed by atoms with van der Waals surface area (Å²) in [7, 11) is -1.43. The fraction of sp³-hybridized carbons (Fsp3) is 0.692. The first kappa shape index (κ1) is 14.5. The molecule has 0 N–H and O–H groups in total. The van der Waals surface area contributed by atoms with Crippen molar-refractivity contribution < 1.29 is 4.43 Å². The minimum Gasteiger partial charge on any atom is -0.548 e. The molecule has 0 heterocycles. The molecule has 0 spiro atoms. The zero-order chi connectivity index (χ0) is 11.9. The number of allylic oxidation sites excluding steroid dienone is 3. The first-order chi connectivity index (χ1) is 6.85. The Balaban J connectivity index is 3.77. The summed E-state index contributed by atoms with van der Waals surface area (Å²) in [4.78, 5) is 0. The molecule has 0 aromatic carbocycles. The molecule has 88 valence electrons. The minimum absolute atomic E-state index is 0.953. The number of rotatable bonds is 7. The van der Waals surface area contributed by atoms with Crippen LogP contribution >= 0.6 is 0 Å². The third kappa shape index (κ3) is 9.79. The van der Waals surface area contributed by atoms with Gasteiger partial charge in [0.2, 0.25) is 8.32 Å². The molecule has 0 fully saturated rings. The van der Waals surface area contributed by atoms with Gasteiger partial charge in [-0.15, -0.1) is 0 Å². The lowest BCUT2D eigenvalue weighted by Gasteiger charge is -2.20. The number of hydrogen-bond donors (Lipinski definition) is 0. The van der Waals surface area contributed by atoms with Gasteiger partial charge in [-0.2, -0.15) is 0 Å². The van der Waals surface area contributed by atoms with Gasteiger partial charge < -0.3 is 4.43 Å². The second-order valence-electron chi connectivity index (χ2n) is 5.09.